The standard InChI is InChI=1S/C15H19N3O3/c1-3-8-17-9-6-12(7-10-17)16-13-4-5-15(21-2)14(11-13)18(19)20/h1,4-5,11-12,16H,6-10H2,2H3. The first-order chi connectivity index (χ1) is 10.1. The molecule has 112 valence electrons. The normalized spacial score (nSPS) is 16.2. The van der Waals surface area contributed by atoms with Gasteiger partial charge < -0.3 is 10.1 Å². The van der Waals surface area contributed by atoms with Gasteiger partial charge in [0.25, 0.3) is 0 Å². The second-order valence-electron chi connectivity index (χ2n) is 5.04. The molecule has 21 heavy (non-hydrogen) atoms. The van der Waals surface area contributed by atoms with E-state index in [1.54, 1.807) is 12.1 Å². The lowest BCUT2D eigenvalue weighted by Gasteiger charge is -2.31. The Morgan fingerprint density at radius 3 is 2.81 bits per heavy atom. The predicted octanol–water partition coefficient (Wildman–Crippen LogP) is 2.11. The zero-order chi connectivity index (χ0) is 15.2. The van der Waals surface area contributed by atoms with Crippen molar-refractivity contribution in [3.8, 4) is 18.1 Å². The highest BCUT2D eigenvalue weighted by Gasteiger charge is 2.20. The van der Waals surface area contributed by atoms with Crippen LogP contribution in [0.5, 0.6) is 5.75 Å². The largest absolute Gasteiger partial charge is 0.490 e. The first-order valence-electron chi connectivity index (χ1n) is 6.89. The van der Waals surface area contributed by atoms with Crippen LogP contribution in [0.4, 0.5) is 11.4 Å². The third-order valence-electron chi connectivity index (χ3n) is 3.65. The lowest BCUT2D eigenvalue weighted by Crippen LogP contribution is -2.39. The molecule has 0 amide bonds. The van der Waals surface area contributed by atoms with E-state index in [1.165, 1.54) is 13.2 Å². The molecule has 1 aromatic carbocycles. The maximum absolute atomic E-state index is 11.0. The van der Waals surface area contributed by atoms with Crippen molar-refractivity contribution in [3.63, 3.8) is 0 Å². The third kappa shape index (κ3) is 3.86. The molecule has 1 aliphatic rings. The van der Waals surface area contributed by atoms with E-state index in [0.29, 0.717) is 12.6 Å². The number of ether oxygens (including phenoxy) is 1. The Hall–Kier alpha value is -2.26. The minimum absolute atomic E-state index is 0.0210. The molecule has 0 radical (unpaired) electrons. The van der Waals surface area contributed by atoms with Gasteiger partial charge in [0.2, 0.25) is 0 Å². The summed E-state index contributed by atoms with van der Waals surface area (Å²) in [6, 6.07) is 5.26. The molecule has 0 bridgehead atoms. The lowest BCUT2D eigenvalue weighted by molar-refractivity contribution is -0.385. The molecule has 0 unspecified atom stereocenters. The number of piperidine rings is 1. The molecule has 1 aliphatic heterocycles. The van der Waals surface area contributed by atoms with Crippen LogP contribution in [0.25, 0.3) is 0 Å². The summed E-state index contributed by atoms with van der Waals surface area (Å²) in [4.78, 5) is 12.8. The van der Waals surface area contributed by atoms with Crippen molar-refractivity contribution in [2.45, 2.75) is 18.9 Å². The fourth-order valence-electron chi connectivity index (χ4n) is 2.52. The molecule has 0 spiro atoms. The van der Waals surface area contributed by atoms with E-state index < -0.39 is 4.92 Å². The topological polar surface area (TPSA) is 67.6 Å². The number of rotatable bonds is 5. The van der Waals surface area contributed by atoms with E-state index in [1.807, 2.05) is 0 Å². The molecule has 1 fully saturated rings. The highest BCUT2D eigenvalue weighted by molar-refractivity contribution is 5.58. The Kier molecular flexibility index (Phi) is 5.01. The summed E-state index contributed by atoms with van der Waals surface area (Å²) in [5.41, 5.74) is 0.727. The van der Waals surface area contributed by atoms with Crippen LogP contribution in [0.15, 0.2) is 18.2 Å². The predicted molar refractivity (Wildman–Crippen MR) is 81.6 cm³/mol. The van der Waals surface area contributed by atoms with E-state index in [2.05, 4.69) is 16.1 Å². The average Bonchev–Trinajstić information content (AvgIpc) is 2.49. The average molecular weight is 289 g/mol. The Bertz CT molecular complexity index is 546. The van der Waals surface area contributed by atoms with Gasteiger partial charge in [-0.05, 0) is 25.0 Å². The van der Waals surface area contributed by atoms with E-state index in [4.69, 9.17) is 11.2 Å². The zero-order valence-corrected chi connectivity index (χ0v) is 12.0. The number of nitrogens with one attached hydrogen (secondary N) is 1. The Balaban J connectivity index is 1.99. The molecule has 0 aromatic heterocycles. The van der Waals surface area contributed by atoms with E-state index in [0.717, 1.165) is 31.6 Å². The van der Waals surface area contributed by atoms with Crippen LogP contribution < -0.4 is 10.1 Å². The maximum atomic E-state index is 11.0. The molecule has 6 nitrogen and oxygen atoms in total. The van der Waals surface area contributed by atoms with Crippen molar-refractivity contribution in [1.29, 1.82) is 0 Å². The van der Waals surface area contributed by atoms with Gasteiger partial charge in [0.15, 0.2) is 5.75 Å². The van der Waals surface area contributed by atoms with Crippen molar-refractivity contribution in [2.75, 3.05) is 32.1 Å². The van der Waals surface area contributed by atoms with Gasteiger partial charge in [-0.3, -0.25) is 15.0 Å². The van der Waals surface area contributed by atoms with Crippen LogP contribution in [-0.2, 0) is 0 Å². The van der Waals surface area contributed by atoms with E-state index in [9.17, 15) is 10.1 Å². The van der Waals surface area contributed by atoms with Crippen LogP contribution in [0, 0.1) is 22.5 Å². The molecule has 1 saturated heterocycles. The molecular formula is C15H19N3O3. The summed E-state index contributed by atoms with van der Waals surface area (Å²) in [6.07, 6.45) is 7.25. The summed E-state index contributed by atoms with van der Waals surface area (Å²) < 4.78 is 5.00. The summed E-state index contributed by atoms with van der Waals surface area (Å²) in [5.74, 6) is 2.92. The van der Waals surface area contributed by atoms with Crippen LogP contribution in [0.1, 0.15) is 12.8 Å². The number of nitrogens with zero attached hydrogens (tertiary/aromatic N) is 2. The Labute approximate surface area is 124 Å². The van der Waals surface area contributed by atoms with Crippen molar-refractivity contribution in [3.05, 3.63) is 28.3 Å². The number of hydrogen-bond acceptors (Lipinski definition) is 5. The number of terminal acetylenes is 1. The minimum Gasteiger partial charge on any atom is -0.490 e. The second-order valence-corrected chi connectivity index (χ2v) is 5.04. The number of hydrogen-bond donors (Lipinski definition) is 1. The SMILES string of the molecule is C#CCN1CCC(Nc2ccc(OC)c([N+](=O)[O-])c2)CC1. The van der Waals surface area contributed by atoms with E-state index in [-0.39, 0.29) is 11.4 Å². The van der Waals surface area contributed by atoms with Crippen LogP contribution in [-0.4, -0.2) is 42.6 Å². The molecule has 0 aliphatic carbocycles. The number of nitro groups is 1. The van der Waals surface area contributed by atoms with E-state index >= 15 is 0 Å². The van der Waals surface area contributed by atoms with Gasteiger partial charge in [-0.25, -0.2) is 0 Å². The summed E-state index contributed by atoms with van der Waals surface area (Å²) >= 11 is 0. The highest BCUT2D eigenvalue weighted by atomic mass is 16.6. The van der Waals surface area contributed by atoms with Gasteiger partial charge in [0, 0.05) is 30.9 Å². The Morgan fingerprint density at radius 2 is 2.24 bits per heavy atom. The number of methoxy groups -OCH3 is 1. The lowest BCUT2D eigenvalue weighted by atomic mass is 10.0. The van der Waals surface area contributed by atoms with Crippen molar-refractivity contribution >= 4 is 11.4 Å². The van der Waals surface area contributed by atoms with Gasteiger partial charge in [-0.2, -0.15) is 0 Å². The number of nitro benzene ring substituents is 1. The summed E-state index contributed by atoms with van der Waals surface area (Å²) in [7, 11) is 1.43. The Morgan fingerprint density at radius 1 is 1.52 bits per heavy atom. The summed E-state index contributed by atoms with van der Waals surface area (Å²) in [6.45, 7) is 2.57. The van der Waals surface area contributed by atoms with Crippen molar-refractivity contribution in [1.82, 2.24) is 4.90 Å². The molecular weight excluding hydrogens is 270 g/mol. The molecule has 1 heterocycles. The van der Waals surface area contributed by atoms with Gasteiger partial charge in [0.1, 0.15) is 0 Å². The van der Waals surface area contributed by atoms with Crippen LogP contribution in [0.3, 0.4) is 0 Å². The number of likely N-dealkylation sites (tertiary alicyclic amines) is 1. The quantitative estimate of drug-likeness (QED) is 0.511. The third-order valence-corrected chi connectivity index (χ3v) is 3.65. The number of anilines is 1. The molecule has 6 heteroatoms. The highest BCUT2D eigenvalue weighted by Crippen LogP contribution is 2.30. The fourth-order valence-corrected chi connectivity index (χ4v) is 2.52. The second kappa shape index (κ2) is 6.95. The first kappa shape index (κ1) is 15.1. The van der Waals surface area contributed by atoms with Gasteiger partial charge in [-0.1, -0.05) is 5.92 Å². The number of benzene rings is 1. The fraction of sp³-hybridized carbons (Fsp3) is 0.467. The molecule has 0 atom stereocenters. The van der Waals surface area contributed by atoms with Crippen molar-refractivity contribution < 1.29 is 9.66 Å². The molecule has 1 aromatic rings. The van der Waals surface area contributed by atoms with Gasteiger partial charge >= 0.3 is 5.69 Å². The van der Waals surface area contributed by atoms with Gasteiger partial charge in [0.05, 0.1) is 18.6 Å². The van der Waals surface area contributed by atoms with Crippen LogP contribution >= 0.6 is 0 Å². The summed E-state index contributed by atoms with van der Waals surface area (Å²) in [5, 5.41) is 14.4. The van der Waals surface area contributed by atoms with Gasteiger partial charge in [-0.15, -0.1) is 6.42 Å². The minimum atomic E-state index is -0.431. The van der Waals surface area contributed by atoms with Crippen LogP contribution in [0.2, 0.25) is 0 Å². The van der Waals surface area contributed by atoms with Crippen molar-refractivity contribution in [2.24, 2.45) is 0 Å². The zero-order valence-electron chi connectivity index (χ0n) is 12.0. The maximum Gasteiger partial charge on any atom is 0.312 e. The molecule has 1 N–H and O–H groups in total. The monoisotopic (exact) mass is 289 g/mol. The smallest absolute Gasteiger partial charge is 0.312 e. The molecule has 2 rings (SSSR count). The first-order valence-corrected chi connectivity index (χ1v) is 6.89. The molecule has 0 saturated carbocycles.